The first-order valence-electron chi connectivity index (χ1n) is 7.78. The van der Waals surface area contributed by atoms with Crippen molar-refractivity contribution in [1.29, 1.82) is 0 Å². The van der Waals surface area contributed by atoms with E-state index in [0.29, 0.717) is 18.6 Å². The predicted molar refractivity (Wildman–Crippen MR) is 92.8 cm³/mol. The lowest BCUT2D eigenvalue weighted by Gasteiger charge is -2.40. The second kappa shape index (κ2) is 6.46. The molecule has 0 heterocycles. The van der Waals surface area contributed by atoms with Crippen LogP contribution in [0.2, 0.25) is 0 Å². The zero-order chi connectivity index (χ0) is 19.5. The zero-order valence-corrected chi connectivity index (χ0v) is 14.7. The molecule has 0 aliphatic rings. The van der Waals surface area contributed by atoms with Crippen LogP contribution in [0, 0.1) is 0 Å². The Hall–Kier alpha value is -2.29. The van der Waals surface area contributed by atoms with Crippen LogP contribution in [0.3, 0.4) is 0 Å². The maximum absolute atomic E-state index is 12.9. The molecule has 0 atom stereocenters. The third-order valence-corrected chi connectivity index (χ3v) is 4.58. The Morgan fingerprint density at radius 1 is 1.04 bits per heavy atom. The summed E-state index contributed by atoms with van der Waals surface area (Å²) in [5.74, 6) is -0.648. The van der Waals surface area contributed by atoms with E-state index in [1.807, 2.05) is 6.92 Å². The molecule has 144 valence electrons. The van der Waals surface area contributed by atoms with Crippen molar-refractivity contribution in [3.05, 3.63) is 54.1 Å². The molecule has 0 aromatic heterocycles. The Balaban J connectivity index is 2.29. The number of hydrogen-bond acceptors (Lipinski definition) is 3. The van der Waals surface area contributed by atoms with Gasteiger partial charge in [-0.25, -0.2) is 4.79 Å². The first kappa shape index (κ1) is 20.0. The minimum atomic E-state index is -9.78. The van der Waals surface area contributed by atoms with Gasteiger partial charge in [-0.15, -0.1) is 0 Å². The zero-order valence-electron chi connectivity index (χ0n) is 13.9. The molecule has 2 aromatic rings. The monoisotopic (exact) mass is 395 g/mol. The van der Waals surface area contributed by atoms with Crippen LogP contribution >= 0.6 is 10.2 Å². The van der Waals surface area contributed by atoms with Crippen LogP contribution in [0.1, 0.15) is 30.1 Å². The molecule has 0 bridgehead atoms. The Bertz CT molecular complexity index is 809. The van der Waals surface area contributed by atoms with Crippen molar-refractivity contribution in [2.75, 3.05) is 11.9 Å². The number of ether oxygens (including phenoxy) is 1. The molecule has 3 nitrogen and oxygen atoms in total. The van der Waals surface area contributed by atoms with E-state index in [4.69, 9.17) is 4.74 Å². The molecule has 0 spiro atoms. The number of para-hydroxylation sites is 1. The second-order valence-corrected chi connectivity index (χ2v) is 8.07. The Kier molecular flexibility index (Phi) is 4.97. The molecule has 0 amide bonds. The van der Waals surface area contributed by atoms with Crippen LogP contribution < -0.4 is 5.32 Å². The number of nitrogens with one attached hydrogen (secondary N) is 1. The molecular weight excluding hydrogens is 377 g/mol. The molecule has 0 aliphatic heterocycles. The molecular formula is C17H18F5NO2S. The summed E-state index contributed by atoms with van der Waals surface area (Å²) in [5.41, 5.74) is 0.0409. The molecule has 0 fully saturated rings. The first-order chi connectivity index (χ1) is 11.9. The van der Waals surface area contributed by atoms with Gasteiger partial charge in [0.25, 0.3) is 0 Å². The van der Waals surface area contributed by atoms with Gasteiger partial charge in [0.2, 0.25) is 0 Å². The van der Waals surface area contributed by atoms with Crippen molar-refractivity contribution in [2.24, 2.45) is 0 Å². The van der Waals surface area contributed by atoms with Crippen molar-refractivity contribution in [1.82, 2.24) is 0 Å². The molecule has 0 radical (unpaired) electrons. The van der Waals surface area contributed by atoms with E-state index in [1.54, 1.807) is 12.1 Å². The van der Waals surface area contributed by atoms with E-state index < -0.39 is 21.1 Å². The average Bonchev–Trinajstić information content (AvgIpc) is 2.54. The quantitative estimate of drug-likeness (QED) is 0.310. The predicted octanol–water partition coefficient (Wildman–Crippen LogP) is 7.04. The van der Waals surface area contributed by atoms with E-state index in [9.17, 15) is 24.2 Å². The summed E-state index contributed by atoms with van der Waals surface area (Å²) in [5, 5.41) is 2.58. The summed E-state index contributed by atoms with van der Waals surface area (Å²) in [4.78, 5) is 10.1. The van der Waals surface area contributed by atoms with Gasteiger partial charge in [0.15, 0.2) is 0 Å². The number of carbonyl (C=O) groups excluding carboxylic acids is 1. The number of hydrogen-bond donors (Lipinski definition) is 1. The summed E-state index contributed by atoms with van der Waals surface area (Å²) in [6.07, 6.45) is 1.50. The Morgan fingerprint density at radius 2 is 1.73 bits per heavy atom. The fourth-order valence-electron chi connectivity index (χ4n) is 2.13. The number of benzene rings is 2. The molecule has 0 saturated carbocycles. The Morgan fingerprint density at radius 3 is 2.38 bits per heavy atom. The minimum absolute atomic E-state index is 0.0985. The van der Waals surface area contributed by atoms with E-state index >= 15 is 0 Å². The molecule has 2 aromatic carbocycles. The maximum atomic E-state index is 12.9. The molecule has 1 N–H and O–H groups in total. The van der Waals surface area contributed by atoms with Gasteiger partial charge in [0, 0.05) is 5.69 Å². The lowest BCUT2D eigenvalue weighted by molar-refractivity contribution is 0.0501. The molecule has 0 aliphatic carbocycles. The largest absolute Gasteiger partial charge is 0.462 e. The number of halogens is 5. The van der Waals surface area contributed by atoms with Gasteiger partial charge >= 0.3 is 16.2 Å². The van der Waals surface area contributed by atoms with E-state index in [-0.39, 0.29) is 23.5 Å². The number of unbranched alkanes of at least 4 members (excludes halogenated alkanes) is 1. The molecule has 0 unspecified atom stereocenters. The minimum Gasteiger partial charge on any atom is -0.462 e. The average molecular weight is 395 g/mol. The summed E-state index contributed by atoms with van der Waals surface area (Å²) < 4.78 is 69.8. The van der Waals surface area contributed by atoms with Crippen LogP contribution in [-0.4, -0.2) is 12.6 Å². The van der Waals surface area contributed by atoms with Crippen molar-refractivity contribution >= 4 is 27.6 Å². The van der Waals surface area contributed by atoms with Gasteiger partial charge in [-0.2, -0.15) is 0 Å². The normalized spacial score (nSPS) is 14.2. The van der Waals surface area contributed by atoms with Gasteiger partial charge < -0.3 is 10.1 Å². The van der Waals surface area contributed by atoms with Crippen LogP contribution in [0.4, 0.5) is 30.8 Å². The van der Waals surface area contributed by atoms with Gasteiger partial charge in [-0.1, -0.05) is 51.0 Å². The number of carbonyl (C=O) groups is 1. The highest BCUT2D eigenvalue weighted by Gasteiger charge is 2.65. The molecule has 26 heavy (non-hydrogen) atoms. The van der Waals surface area contributed by atoms with Crippen molar-refractivity contribution in [3.63, 3.8) is 0 Å². The SMILES string of the molecule is CCCCOC(=O)c1ccccc1Nc1cccc(S(F)(F)(F)(F)F)c1. The van der Waals surface area contributed by atoms with Crippen LogP contribution in [0.25, 0.3) is 0 Å². The Labute approximate surface area is 147 Å². The third kappa shape index (κ3) is 5.35. The van der Waals surface area contributed by atoms with Gasteiger partial charge in [-0.3, -0.25) is 0 Å². The third-order valence-electron chi connectivity index (χ3n) is 3.44. The highest BCUT2D eigenvalue weighted by molar-refractivity contribution is 8.45. The van der Waals surface area contributed by atoms with Crippen molar-refractivity contribution in [2.45, 2.75) is 24.7 Å². The van der Waals surface area contributed by atoms with Crippen molar-refractivity contribution < 1.29 is 29.0 Å². The van der Waals surface area contributed by atoms with Crippen LogP contribution in [0.5, 0.6) is 0 Å². The van der Waals surface area contributed by atoms with Gasteiger partial charge in [-0.05, 0) is 36.8 Å². The number of esters is 1. The topological polar surface area (TPSA) is 38.3 Å². The fraction of sp³-hybridized carbons (Fsp3) is 0.235. The standard InChI is InChI=1S/C17H18F5NO2S/c1-2-3-11-25-17(24)15-9-4-5-10-16(15)23-13-7-6-8-14(12-13)26(18,19,20,21)22/h4-10,12,23H,2-3,11H2,1H3. The highest BCUT2D eigenvalue weighted by atomic mass is 32.5. The smallest absolute Gasteiger partial charge is 0.340 e. The summed E-state index contributed by atoms with van der Waals surface area (Å²) >= 11 is 0. The van der Waals surface area contributed by atoms with E-state index in [0.717, 1.165) is 12.5 Å². The van der Waals surface area contributed by atoms with Crippen LogP contribution in [-0.2, 0) is 4.74 Å². The summed E-state index contributed by atoms with van der Waals surface area (Å²) in [6.45, 7) is 2.14. The van der Waals surface area contributed by atoms with E-state index in [1.165, 1.54) is 18.2 Å². The summed E-state index contributed by atoms with van der Waals surface area (Å²) in [6, 6.07) is 8.71. The number of rotatable bonds is 7. The fourth-order valence-corrected chi connectivity index (χ4v) is 2.81. The number of anilines is 2. The van der Waals surface area contributed by atoms with Crippen LogP contribution in [0.15, 0.2) is 53.4 Å². The maximum Gasteiger partial charge on any atom is 0.340 e. The molecule has 0 saturated heterocycles. The van der Waals surface area contributed by atoms with Gasteiger partial charge in [0.1, 0.15) is 4.90 Å². The lowest BCUT2D eigenvalue weighted by atomic mass is 10.1. The van der Waals surface area contributed by atoms with Crippen molar-refractivity contribution in [3.8, 4) is 0 Å². The summed E-state index contributed by atoms with van der Waals surface area (Å²) in [7, 11) is -9.78. The first-order valence-corrected chi connectivity index (χ1v) is 9.73. The second-order valence-electron chi connectivity index (χ2n) is 5.66. The van der Waals surface area contributed by atoms with Gasteiger partial charge in [0.05, 0.1) is 17.9 Å². The lowest BCUT2D eigenvalue weighted by Crippen LogP contribution is -2.09. The van der Waals surface area contributed by atoms with E-state index in [2.05, 4.69) is 5.32 Å². The molecule has 9 heteroatoms. The highest BCUT2D eigenvalue weighted by Crippen LogP contribution is 3.02. The molecule has 2 rings (SSSR count).